The van der Waals surface area contributed by atoms with Gasteiger partial charge in [0.25, 0.3) is 0 Å². The van der Waals surface area contributed by atoms with E-state index in [1.807, 2.05) is 6.26 Å². The zero-order valence-corrected chi connectivity index (χ0v) is 10.3. The predicted molar refractivity (Wildman–Crippen MR) is 69.3 cm³/mol. The van der Waals surface area contributed by atoms with Crippen molar-refractivity contribution in [3.63, 3.8) is 0 Å². The fraction of sp³-hybridized carbons (Fsp3) is 0.250. The molecule has 1 aromatic carbocycles. The second-order valence-electron chi connectivity index (χ2n) is 3.54. The van der Waals surface area contributed by atoms with Crippen molar-refractivity contribution in [3.8, 4) is 0 Å². The molecule has 0 unspecified atom stereocenters. The van der Waals surface area contributed by atoms with Crippen molar-refractivity contribution in [1.29, 1.82) is 0 Å². The van der Waals surface area contributed by atoms with Crippen LogP contribution in [0.2, 0.25) is 0 Å². The molecular weight excluding hydrogens is 238 g/mol. The maximum Gasteiger partial charge on any atom is 0.374 e. The zero-order chi connectivity index (χ0) is 12.3. The number of ether oxygens (including phenoxy) is 1. The van der Waals surface area contributed by atoms with E-state index in [4.69, 9.17) is 14.9 Å². The molecule has 0 spiro atoms. The summed E-state index contributed by atoms with van der Waals surface area (Å²) in [6, 6.07) is 6.88. The van der Waals surface area contributed by atoms with Gasteiger partial charge in [0.15, 0.2) is 0 Å². The summed E-state index contributed by atoms with van der Waals surface area (Å²) in [5, 5.41) is 0.807. The van der Waals surface area contributed by atoms with Crippen molar-refractivity contribution in [2.24, 2.45) is 0 Å². The summed E-state index contributed by atoms with van der Waals surface area (Å²) in [7, 11) is 0. The lowest BCUT2D eigenvalue weighted by molar-refractivity contribution is 0.0497. The fourth-order valence-electron chi connectivity index (χ4n) is 1.45. The Labute approximate surface area is 103 Å². The van der Waals surface area contributed by atoms with Crippen molar-refractivity contribution >= 4 is 34.4 Å². The number of fused-ring (bicyclic) bond motifs is 1. The Hall–Kier alpha value is -1.62. The van der Waals surface area contributed by atoms with Crippen LogP contribution < -0.4 is 5.73 Å². The molecule has 90 valence electrons. The van der Waals surface area contributed by atoms with E-state index < -0.39 is 5.97 Å². The van der Waals surface area contributed by atoms with Gasteiger partial charge in [0.1, 0.15) is 12.2 Å². The molecule has 0 bridgehead atoms. The quantitative estimate of drug-likeness (QED) is 0.514. The molecule has 17 heavy (non-hydrogen) atoms. The standard InChI is InChI=1S/C12H13NO3S/c1-17-5-4-15-12(14)11-7-8-6-9(13)2-3-10(8)16-11/h2-3,6-7H,4-5,13H2,1H3. The Morgan fingerprint density at radius 3 is 3.06 bits per heavy atom. The number of hydrogen-bond donors (Lipinski definition) is 1. The first-order valence-corrected chi connectivity index (χ1v) is 6.55. The number of rotatable bonds is 4. The van der Waals surface area contributed by atoms with Gasteiger partial charge in [-0.05, 0) is 30.5 Å². The molecule has 2 aromatic rings. The predicted octanol–water partition coefficient (Wildman–Crippen LogP) is 2.53. The molecule has 2 rings (SSSR count). The number of hydrogen-bond acceptors (Lipinski definition) is 5. The van der Waals surface area contributed by atoms with Crippen molar-refractivity contribution in [1.82, 2.24) is 0 Å². The second kappa shape index (κ2) is 5.14. The largest absolute Gasteiger partial charge is 0.459 e. The Balaban J connectivity index is 2.15. The number of esters is 1. The molecule has 0 aliphatic rings. The van der Waals surface area contributed by atoms with Crippen molar-refractivity contribution < 1.29 is 13.9 Å². The average molecular weight is 251 g/mol. The summed E-state index contributed by atoms with van der Waals surface area (Å²) in [4.78, 5) is 11.6. The molecule has 0 fully saturated rings. The van der Waals surface area contributed by atoms with E-state index in [0.717, 1.165) is 11.1 Å². The van der Waals surface area contributed by atoms with Crippen LogP contribution in [0.1, 0.15) is 10.6 Å². The van der Waals surface area contributed by atoms with Gasteiger partial charge < -0.3 is 14.9 Å². The fourth-order valence-corrected chi connectivity index (χ4v) is 1.70. The van der Waals surface area contributed by atoms with E-state index in [9.17, 15) is 4.79 Å². The number of anilines is 1. The number of carbonyl (C=O) groups excluding carboxylic acids is 1. The Kier molecular flexibility index (Phi) is 3.58. The smallest absolute Gasteiger partial charge is 0.374 e. The van der Waals surface area contributed by atoms with E-state index in [1.54, 1.807) is 36.0 Å². The van der Waals surface area contributed by atoms with Crippen LogP contribution in [0, 0.1) is 0 Å². The molecule has 5 heteroatoms. The van der Waals surface area contributed by atoms with Gasteiger partial charge in [-0.2, -0.15) is 11.8 Å². The highest BCUT2D eigenvalue weighted by molar-refractivity contribution is 7.98. The molecular formula is C12H13NO3S. The second-order valence-corrected chi connectivity index (χ2v) is 4.52. The molecule has 0 saturated heterocycles. The summed E-state index contributed by atoms with van der Waals surface area (Å²) in [5.41, 5.74) is 6.92. The van der Waals surface area contributed by atoms with Gasteiger partial charge in [0, 0.05) is 16.8 Å². The highest BCUT2D eigenvalue weighted by atomic mass is 32.2. The first-order chi connectivity index (χ1) is 8.20. The van der Waals surface area contributed by atoms with Crippen LogP contribution in [0.5, 0.6) is 0 Å². The molecule has 1 heterocycles. The Bertz CT molecular complexity index is 536. The minimum Gasteiger partial charge on any atom is -0.459 e. The summed E-state index contributed by atoms with van der Waals surface area (Å²) >= 11 is 1.62. The summed E-state index contributed by atoms with van der Waals surface area (Å²) in [6.45, 7) is 0.388. The lowest BCUT2D eigenvalue weighted by atomic mass is 10.2. The van der Waals surface area contributed by atoms with Crippen LogP contribution in [0.15, 0.2) is 28.7 Å². The van der Waals surface area contributed by atoms with E-state index in [0.29, 0.717) is 17.9 Å². The number of nitrogens with two attached hydrogens (primary N) is 1. The molecule has 0 aliphatic carbocycles. The Morgan fingerprint density at radius 1 is 1.47 bits per heavy atom. The van der Waals surface area contributed by atoms with Gasteiger partial charge in [0.05, 0.1) is 0 Å². The third kappa shape index (κ3) is 2.74. The number of thioether (sulfide) groups is 1. The van der Waals surface area contributed by atoms with E-state index >= 15 is 0 Å². The van der Waals surface area contributed by atoms with E-state index in [-0.39, 0.29) is 5.76 Å². The zero-order valence-electron chi connectivity index (χ0n) is 9.43. The Morgan fingerprint density at radius 2 is 2.29 bits per heavy atom. The topological polar surface area (TPSA) is 65.5 Å². The number of carbonyl (C=O) groups is 1. The minimum absolute atomic E-state index is 0.215. The number of nitrogen functional groups attached to an aromatic ring is 1. The van der Waals surface area contributed by atoms with Gasteiger partial charge in [-0.15, -0.1) is 0 Å². The highest BCUT2D eigenvalue weighted by Crippen LogP contribution is 2.22. The molecule has 0 aliphatic heterocycles. The van der Waals surface area contributed by atoms with Gasteiger partial charge in [0.2, 0.25) is 5.76 Å². The maximum atomic E-state index is 11.6. The van der Waals surface area contributed by atoms with Gasteiger partial charge in [-0.1, -0.05) is 0 Å². The lowest BCUT2D eigenvalue weighted by Gasteiger charge is -1.99. The molecule has 4 nitrogen and oxygen atoms in total. The van der Waals surface area contributed by atoms with Crippen LogP contribution in [-0.2, 0) is 4.74 Å². The first kappa shape index (κ1) is 11.9. The minimum atomic E-state index is -0.436. The molecule has 1 aromatic heterocycles. The first-order valence-electron chi connectivity index (χ1n) is 5.16. The molecule has 0 amide bonds. The lowest BCUT2D eigenvalue weighted by Crippen LogP contribution is -2.06. The van der Waals surface area contributed by atoms with E-state index in [2.05, 4.69) is 0 Å². The van der Waals surface area contributed by atoms with Crippen LogP contribution in [0.25, 0.3) is 11.0 Å². The molecule has 0 radical (unpaired) electrons. The SMILES string of the molecule is CSCCOC(=O)c1cc2cc(N)ccc2o1. The number of benzene rings is 1. The van der Waals surface area contributed by atoms with Crippen molar-refractivity contribution in [3.05, 3.63) is 30.0 Å². The molecule has 0 atom stereocenters. The van der Waals surface area contributed by atoms with Crippen molar-refractivity contribution in [2.75, 3.05) is 24.3 Å². The van der Waals surface area contributed by atoms with Gasteiger partial charge >= 0.3 is 5.97 Å². The van der Waals surface area contributed by atoms with Gasteiger partial charge in [-0.3, -0.25) is 0 Å². The van der Waals surface area contributed by atoms with Crippen LogP contribution in [0.3, 0.4) is 0 Å². The number of furan rings is 1. The monoisotopic (exact) mass is 251 g/mol. The maximum absolute atomic E-state index is 11.6. The van der Waals surface area contributed by atoms with Crippen LogP contribution >= 0.6 is 11.8 Å². The third-order valence-electron chi connectivity index (χ3n) is 2.26. The third-order valence-corrected chi connectivity index (χ3v) is 2.84. The van der Waals surface area contributed by atoms with Crippen LogP contribution in [0.4, 0.5) is 5.69 Å². The van der Waals surface area contributed by atoms with Crippen LogP contribution in [-0.4, -0.2) is 24.6 Å². The normalized spacial score (nSPS) is 10.6. The highest BCUT2D eigenvalue weighted by Gasteiger charge is 2.13. The summed E-state index contributed by atoms with van der Waals surface area (Å²) in [5.74, 6) is 0.555. The van der Waals surface area contributed by atoms with E-state index in [1.165, 1.54) is 0 Å². The van der Waals surface area contributed by atoms with Gasteiger partial charge in [-0.25, -0.2) is 4.79 Å². The average Bonchev–Trinajstić information content (AvgIpc) is 2.72. The summed E-state index contributed by atoms with van der Waals surface area (Å²) < 4.78 is 10.4. The molecule has 2 N–H and O–H groups in total. The summed E-state index contributed by atoms with van der Waals surface area (Å²) in [6.07, 6.45) is 1.96. The molecule has 0 saturated carbocycles. The van der Waals surface area contributed by atoms with Crippen molar-refractivity contribution in [2.45, 2.75) is 0 Å².